The van der Waals surface area contributed by atoms with E-state index in [1.807, 2.05) is 18.2 Å². The first-order valence-corrected chi connectivity index (χ1v) is 5.27. The maximum atomic E-state index is 10.1. The van der Waals surface area contributed by atoms with Crippen molar-refractivity contribution in [3.05, 3.63) is 64.7 Å². The zero-order valence-electron chi connectivity index (χ0n) is 8.47. The van der Waals surface area contributed by atoms with E-state index >= 15 is 0 Å². The van der Waals surface area contributed by atoms with Crippen LogP contribution >= 0.6 is 11.6 Å². The Kier molecular flexibility index (Phi) is 3.13. The third kappa shape index (κ3) is 2.18. The lowest BCUT2D eigenvalue weighted by Gasteiger charge is -2.13. The van der Waals surface area contributed by atoms with Crippen molar-refractivity contribution in [2.75, 3.05) is 0 Å². The van der Waals surface area contributed by atoms with Crippen molar-refractivity contribution in [1.29, 1.82) is 0 Å². The fraction of sp³-hybridized carbons (Fsp3) is 0.0769. The highest BCUT2D eigenvalue weighted by Gasteiger charge is 2.14. The molecule has 2 aromatic carbocycles. The van der Waals surface area contributed by atoms with Crippen molar-refractivity contribution >= 4 is 11.6 Å². The van der Waals surface area contributed by atoms with Gasteiger partial charge in [-0.25, -0.2) is 0 Å². The first-order valence-electron chi connectivity index (χ1n) is 4.90. The van der Waals surface area contributed by atoms with Gasteiger partial charge in [0.15, 0.2) is 0 Å². The lowest BCUT2D eigenvalue weighted by Crippen LogP contribution is -1.99. The molecule has 0 aliphatic rings. The van der Waals surface area contributed by atoms with E-state index in [0.29, 0.717) is 10.6 Å². The number of aromatic hydroxyl groups is 1. The van der Waals surface area contributed by atoms with Crippen LogP contribution in [-0.4, -0.2) is 10.2 Å². The molecular weight excluding hydrogens is 224 g/mol. The fourth-order valence-corrected chi connectivity index (χ4v) is 1.73. The van der Waals surface area contributed by atoms with Gasteiger partial charge < -0.3 is 10.2 Å². The van der Waals surface area contributed by atoms with Crippen LogP contribution in [0.2, 0.25) is 5.02 Å². The van der Waals surface area contributed by atoms with Crippen molar-refractivity contribution in [2.24, 2.45) is 0 Å². The largest absolute Gasteiger partial charge is 0.508 e. The molecule has 0 saturated heterocycles. The number of hydrogen-bond acceptors (Lipinski definition) is 2. The second-order valence-corrected chi connectivity index (χ2v) is 3.95. The molecule has 0 aromatic heterocycles. The molecule has 0 spiro atoms. The number of rotatable bonds is 2. The van der Waals surface area contributed by atoms with E-state index in [4.69, 9.17) is 11.6 Å². The number of benzene rings is 2. The van der Waals surface area contributed by atoms with Gasteiger partial charge in [-0.3, -0.25) is 0 Å². The van der Waals surface area contributed by atoms with Crippen LogP contribution in [0, 0.1) is 0 Å². The number of phenols is 1. The summed E-state index contributed by atoms with van der Waals surface area (Å²) in [6, 6.07) is 13.8. The first kappa shape index (κ1) is 11.0. The minimum absolute atomic E-state index is 0.00357. The van der Waals surface area contributed by atoms with Crippen LogP contribution in [0.3, 0.4) is 0 Å². The topological polar surface area (TPSA) is 40.5 Å². The Morgan fingerprint density at radius 3 is 2.31 bits per heavy atom. The lowest BCUT2D eigenvalue weighted by atomic mass is 10.0. The van der Waals surface area contributed by atoms with Crippen LogP contribution in [0.1, 0.15) is 17.2 Å². The van der Waals surface area contributed by atoms with Crippen molar-refractivity contribution < 1.29 is 10.2 Å². The molecule has 0 amide bonds. The molecule has 0 saturated carbocycles. The minimum Gasteiger partial charge on any atom is -0.508 e. The summed E-state index contributed by atoms with van der Waals surface area (Å²) in [5.41, 5.74) is 1.19. The van der Waals surface area contributed by atoms with Crippen LogP contribution in [-0.2, 0) is 0 Å². The highest BCUT2D eigenvalue weighted by molar-refractivity contribution is 6.30. The van der Waals surface area contributed by atoms with Crippen molar-refractivity contribution in [3.8, 4) is 5.75 Å². The van der Waals surface area contributed by atoms with E-state index in [2.05, 4.69) is 0 Å². The Hall–Kier alpha value is -1.51. The van der Waals surface area contributed by atoms with Gasteiger partial charge in [-0.2, -0.15) is 0 Å². The molecule has 0 radical (unpaired) electrons. The zero-order valence-corrected chi connectivity index (χ0v) is 9.22. The second kappa shape index (κ2) is 4.56. The quantitative estimate of drug-likeness (QED) is 0.838. The Morgan fingerprint density at radius 1 is 1.00 bits per heavy atom. The van der Waals surface area contributed by atoms with E-state index in [-0.39, 0.29) is 5.75 Å². The molecule has 82 valence electrons. The van der Waals surface area contributed by atoms with Gasteiger partial charge in [0.1, 0.15) is 11.9 Å². The van der Waals surface area contributed by atoms with Crippen LogP contribution in [0.15, 0.2) is 48.5 Å². The van der Waals surface area contributed by atoms with E-state index in [1.54, 1.807) is 24.3 Å². The zero-order chi connectivity index (χ0) is 11.5. The lowest BCUT2D eigenvalue weighted by molar-refractivity contribution is 0.215. The second-order valence-electron chi connectivity index (χ2n) is 3.52. The minimum atomic E-state index is -0.835. The Labute approximate surface area is 98.7 Å². The summed E-state index contributed by atoms with van der Waals surface area (Å²) in [5.74, 6) is 0.00357. The van der Waals surface area contributed by atoms with Crippen molar-refractivity contribution in [2.45, 2.75) is 6.10 Å². The summed E-state index contributed by atoms with van der Waals surface area (Å²) in [7, 11) is 0. The van der Waals surface area contributed by atoms with Crippen LogP contribution in [0.25, 0.3) is 0 Å². The monoisotopic (exact) mass is 234 g/mol. The Morgan fingerprint density at radius 2 is 1.69 bits per heavy atom. The summed E-state index contributed by atoms with van der Waals surface area (Å²) in [6.07, 6.45) is -0.835. The smallest absolute Gasteiger partial charge is 0.123 e. The third-order valence-corrected chi connectivity index (χ3v) is 2.64. The van der Waals surface area contributed by atoms with E-state index in [1.165, 1.54) is 6.07 Å². The molecule has 0 aliphatic heterocycles. The van der Waals surface area contributed by atoms with Crippen LogP contribution in [0.5, 0.6) is 5.75 Å². The molecule has 2 rings (SSSR count). The third-order valence-electron chi connectivity index (χ3n) is 2.40. The summed E-state index contributed by atoms with van der Waals surface area (Å²) in [6.45, 7) is 0. The van der Waals surface area contributed by atoms with E-state index in [0.717, 1.165) is 5.56 Å². The summed E-state index contributed by atoms with van der Waals surface area (Å²) in [5, 5.41) is 20.2. The molecule has 3 heteroatoms. The van der Waals surface area contributed by atoms with E-state index in [9.17, 15) is 10.2 Å². The van der Waals surface area contributed by atoms with Gasteiger partial charge in [0, 0.05) is 10.6 Å². The maximum absolute atomic E-state index is 10.1. The predicted molar refractivity (Wildman–Crippen MR) is 63.6 cm³/mol. The van der Waals surface area contributed by atoms with Gasteiger partial charge >= 0.3 is 0 Å². The number of hydrogen-bond donors (Lipinski definition) is 2. The molecule has 16 heavy (non-hydrogen) atoms. The highest BCUT2D eigenvalue weighted by atomic mass is 35.5. The summed E-state index contributed by atoms with van der Waals surface area (Å²) < 4.78 is 0. The highest BCUT2D eigenvalue weighted by Crippen LogP contribution is 2.30. The average molecular weight is 235 g/mol. The number of aliphatic hydroxyl groups excluding tert-OH is 1. The Balaban J connectivity index is 2.38. The standard InChI is InChI=1S/C13H11ClO2/c14-10-6-7-11(12(15)8-10)13(16)9-4-2-1-3-5-9/h1-8,13,15-16H. The number of halogens is 1. The molecule has 2 nitrogen and oxygen atoms in total. The van der Waals surface area contributed by atoms with Gasteiger partial charge in [0.2, 0.25) is 0 Å². The molecule has 1 atom stereocenters. The van der Waals surface area contributed by atoms with Crippen LogP contribution < -0.4 is 0 Å². The van der Waals surface area contributed by atoms with Gasteiger partial charge in [-0.1, -0.05) is 48.0 Å². The van der Waals surface area contributed by atoms with Gasteiger partial charge in [-0.05, 0) is 17.7 Å². The molecule has 0 fully saturated rings. The average Bonchev–Trinajstić information content (AvgIpc) is 2.29. The summed E-state index contributed by atoms with van der Waals surface area (Å²) >= 11 is 5.73. The number of phenolic OH excluding ortho intramolecular Hbond substituents is 1. The fourth-order valence-electron chi connectivity index (χ4n) is 1.56. The molecular formula is C13H11ClO2. The molecule has 1 unspecified atom stereocenters. The number of aliphatic hydroxyl groups is 1. The van der Waals surface area contributed by atoms with Gasteiger partial charge in [0.25, 0.3) is 0 Å². The van der Waals surface area contributed by atoms with Crippen molar-refractivity contribution in [1.82, 2.24) is 0 Å². The van der Waals surface area contributed by atoms with Gasteiger partial charge in [0.05, 0.1) is 0 Å². The molecule has 0 heterocycles. The molecule has 0 aliphatic carbocycles. The molecule has 2 aromatic rings. The summed E-state index contributed by atoms with van der Waals surface area (Å²) in [4.78, 5) is 0. The first-order chi connectivity index (χ1) is 7.68. The molecule has 0 bridgehead atoms. The van der Waals surface area contributed by atoms with Crippen LogP contribution in [0.4, 0.5) is 0 Å². The van der Waals surface area contributed by atoms with Gasteiger partial charge in [-0.15, -0.1) is 0 Å². The Bertz CT molecular complexity index is 483. The maximum Gasteiger partial charge on any atom is 0.123 e. The normalized spacial score (nSPS) is 12.4. The predicted octanol–water partition coefficient (Wildman–Crippen LogP) is 3.13. The SMILES string of the molecule is Oc1cc(Cl)ccc1C(O)c1ccccc1. The van der Waals surface area contributed by atoms with Crippen molar-refractivity contribution in [3.63, 3.8) is 0 Å². The molecule has 2 N–H and O–H groups in total. The van der Waals surface area contributed by atoms with E-state index < -0.39 is 6.10 Å².